The number of hydrogen-bond donors (Lipinski definition) is 2. The van der Waals surface area contributed by atoms with Gasteiger partial charge >= 0.3 is 5.97 Å². The average molecular weight is 546 g/mol. The fourth-order valence-corrected chi connectivity index (χ4v) is 5.21. The standard InChI is InChI=1S/C28H27N5O5S/c1-4-24(39(36,37)21-12-10-20(11-13-21)31-23(34)17-25(35)38-5-2)33-28-27-19(9-7-15-30-27)16-22(32-28)26-18(3)8-6-14-29-26/h4,6-16,24H,1,5,17H2,2-3H3,(H,31,34)(H,32,33). The van der Waals surface area contributed by atoms with E-state index >= 15 is 0 Å². The first kappa shape index (κ1) is 27.4. The lowest BCUT2D eigenvalue weighted by molar-refractivity contribution is -0.145. The Hall–Kier alpha value is -4.64. The minimum absolute atomic E-state index is 0.00252. The number of carbonyl (C=O) groups is 2. The number of esters is 1. The Morgan fingerprint density at radius 1 is 1.08 bits per heavy atom. The summed E-state index contributed by atoms with van der Waals surface area (Å²) in [5.74, 6) is -0.945. The number of amides is 1. The summed E-state index contributed by atoms with van der Waals surface area (Å²) >= 11 is 0. The van der Waals surface area contributed by atoms with Crippen molar-refractivity contribution in [3.63, 3.8) is 0 Å². The summed E-state index contributed by atoms with van der Waals surface area (Å²) in [6, 6.07) is 14.9. The molecule has 1 amide bonds. The van der Waals surface area contributed by atoms with E-state index in [2.05, 4.69) is 32.2 Å². The molecule has 0 aliphatic rings. The number of pyridine rings is 3. The number of aryl methyl sites for hydroxylation is 1. The summed E-state index contributed by atoms with van der Waals surface area (Å²) in [7, 11) is -3.97. The Morgan fingerprint density at radius 2 is 1.79 bits per heavy atom. The van der Waals surface area contributed by atoms with Crippen LogP contribution in [0.4, 0.5) is 11.5 Å². The number of aromatic nitrogens is 3. The van der Waals surface area contributed by atoms with Gasteiger partial charge in [-0.2, -0.15) is 0 Å². The van der Waals surface area contributed by atoms with E-state index in [1.807, 2.05) is 31.2 Å². The first-order valence-electron chi connectivity index (χ1n) is 12.1. The molecule has 1 atom stereocenters. The highest BCUT2D eigenvalue weighted by Crippen LogP contribution is 2.29. The third-order valence-electron chi connectivity index (χ3n) is 5.74. The summed E-state index contributed by atoms with van der Waals surface area (Å²) in [6.45, 7) is 7.46. The van der Waals surface area contributed by atoms with Crippen LogP contribution >= 0.6 is 0 Å². The fraction of sp³-hybridized carbons (Fsp3) is 0.179. The summed E-state index contributed by atoms with van der Waals surface area (Å²) in [5, 5.41) is 5.06. The van der Waals surface area contributed by atoms with E-state index < -0.39 is 33.5 Å². The van der Waals surface area contributed by atoms with Crippen molar-refractivity contribution in [3.8, 4) is 11.4 Å². The lowest BCUT2D eigenvalue weighted by Crippen LogP contribution is -2.28. The van der Waals surface area contributed by atoms with Crippen LogP contribution in [0.2, 0.25) is 0 Å². The van der Waals surface area contributed by atoms with Gasteiger partial charge in [0.2, 0.25) is 15.7 Å². The maximum absolute atomic E-state index is 13.5. The molecular formula is C28H27N5O5S. The van der Waals surface area contributed by atoms with Crippen molar-refractivity contribution < 1.29 is 22.7 Å². The van der Waals surface area contributed by atoms with Crippen molar-refractivity contribution in [2.24, 2.45) is 0 Å². The molecule has 4 rings (SSSR count). The molecule has 200 valence electrons. The van der Waals surface area contributed by atoms with E-state index in [4.69, 9.17) is 4.74 Å². The van der Waals surface area contributed by atoms with Gasteiger partial charge in [-0.3, -0.25) is 19.6 Å². The number of hydrogen-bond acceptors (Lipinski definition) is 9. The normalized spacial score (nSPS) is 11.9. The van der Waals surface area contributed by atoms with Gasteiger partial charge in [0.25, 0.3) is 0 Å². The highest BCUT2D eigenvalue weighted by molar-refractivity contribution is 7.92. The van der Waals surface area contributed by atoms with E-state index in [0.29, 0.717) is 22.6 Å². The minimum Gasteiger partial charge on any atom is -0.466 e. The van der Waals surface area contributed by atoms with Crippen LogP contribution in [-0.2, 0) is 24.2 Å². The zero-order valence-corrected chi connectivity index (χ0v) is 22.2. The average Bonchev–Trinajstić information content (AvgIpc) is 2.92. The second kappa shape index (κ2) is 11.8. The van der Waals surface area contributed by atoms with Gasteiger partial charge in [-0.25, -0.2) is 13.4 Å². The van der Waals surface area contributed by atoms with Crippen LogP contribution in [0.25, 0.3) is 22.3 Å². The van der Waals surface area contributed by atoms with Crippen molar-refractivity contribution in [2.75, 3.05) is 17.2 Å². The van der Waals surface area contributed by atoms with E-state index in [0.717, 1.165) is 10.9 Å². The van der Waals surface area contributed by atoms with Gasteiger partial charge in [-0.1, -0.05) is 24.8 Å². The predicted octanol–water partition coefficient (Wildman–Crippen LogP) is 4.29. The van der Waals surface area contributed by atoms with E-state index in [1.54, 1.807) is 25.4 Å². The summed E-state index contributed by atoms with van der Waals surface area (Å²) in [4.78, 5) is 37.0. The molecule has 1 unspecified atom stereocenters. The molecule has 0 fully saturated rings. The smallest absolute Gasteiger partial charge is 0.315 e. The fourth-order valence-electron chi connectivity index (χ4n) is 3.88. The Bertz CT molecular complexity index is 1640. The number of anilines is 2. The topological polar surface area (TPSA) is 140 Å². The van der Waals surface area contributed by atoms with Crippen molar-refractivity contribution >= 4 is 44.1 Å². The molecule has 39 heavy (non-hydrogen) atoms. The quantitative estimate of drug-likeness (QED) is 0.170. The molecule has 2 N–H and O–H groups in total. The zero-order chi connectivity index (χ0) is 28.0. The van der Waals surface area contributed by atoms with Crippen molar-refractivity contribution in [2.45, 2.75) is 30.5 Å². The van der Waals surface area contributed by atoms with E-state index in [1.165, 1.54) is 30.3 Å². The molecule has 0 radical (unpaired) electrons. The number of sulfone groups is 1. The van der Waals surface area contributed by atoms with Gasteiger partial charge in [0, 0.05) is 23.5 Å². The predicted molar refractivity (Wildman–Crippen MR) is 149 cm³/mol. The third-order valence-corrected chi connectivity index (χ3v) is 7.65. The highest BCUT2D eigenvalue weighted by Gasteiger charge is 2.26. The summed E-state index contributed by atoms with van der Waals surface area (Å²) < 4.78 is 31.8. The molecular weight excluding hydrogens is 518 g/mol. The molecule has 0 saturated carbocycles. The number of nitrogens with one attached hydrogen (secondary N) is 2. The molecule has 0 spiro atoms. The molecule has 3 heterocycles. The zero-order valence-electron chi connectivity index (χ0n) is 21.4. The van der Waals surface area contributed by atoms with E-state index in [-0.39, 0.29) is 17.3 Å². The molecule has 0 aliphatic carbocycles. The van der Waals surface area contributed by atoms with Crippen molar-refractivity contribution in [1.82, 2.24) is 15.0 Å². The molecule has 3 aromatic heterocycles. The molecule has 4 aromatic rings. The molecule has 0 saturated heterocycles. The first-order valence-corrected chi connectivity index (χ1v) is 13.6. The minimum atomic E-state index is -3.97. The van der Waals surface area contributed by atoms with Crippen LogP contribution < -0.4 is 10.6 Å². The number of benzene rings is 1. The van der Waals surface area contributed by atoms with Gasteiger partial charge in [-0.05, 0) is 61.9 Å². The van der Waals surface area contributed by atoms with Gasteiger partial charge < -0.3 is 15.4 Å². The number of fused-ring (bicyclic) bond motifs is 1. The van der Waals surface area contributed by atoms with Crippen LogP contribution in [0.1, 0.15) is 18.9 Å². The van der Waals surface area contributed by atoms with Gasteiger partial charge in [0.05, 0.1) is 22.9 Å². The third kappa shape index (κ3) is 6.27. The highest BCUT2D eigenvalue weighted by atomic mass is 32.2. The number of rotatable bonds is 10. The SMILES string of the molecule is C=CC(Nc1nc(-c2ncccc2C)cc2cccnc12)S(=O)(=O)c1ccc(NC(=O)CC(=O)OCC)cc1. The monoisotopic (exact) mass is 545 g/mol. The lowest BCUT2D eigenvalue weighted by Gasteiger charge is -2.18. The Labute approximate surface area is 226 Å². The Kier molecular flexibility index (Phi) is 8.30. The lowest BCUT2D eigenvalue weighted by atomic mass is 10.1. The Morgan fingerprint density at radius 3 is 2.49 bits per heavy atom. The summed E-state index contributed by atoms with van der Waals surface area (Å²) in [5.41, 5.74) is 2.99. The number of ether oxygens (including phenoxy) is 1. The van der Waals surface area contributed by atoms with Crippen LogP contribution in [0, 0.1) is 6.92 Å². The second-order valence-electron chi connectivity index (χ2n) is 8.50. The van der Waals surface area contributed by atoms with Gasteiger partial charge in [0.15, 0.2) is 11.2 Å². The number of carbonyl (C=O) groups excluding carboxylic acids is 2. The van der Waals surface area contributed by atoms with Crippen LogP contribution in [0.15, 0.2) is 84.5 Å². The van der Waals surface area contributed by atoms with Crippen LogP contribution in [0.5, 0.6) is 0 Å². The van der Waals surface area contributed by atoms with Crippen LogP contribution in [0.3, 0.4) is 0 Å². The van der Waals surface area contributed by atoms with Crippen molar-refractivity contribution in [1.29, 1.82) is 0 Å². The van der Waals surface area contributed by atoms with E-state index in [9.17, 15) is 18.0 Å². The summed E-state index contributed by atoms with van der Waals surface area (Å²) in [6.07, 6.45) is 4.11. The second-order valence-corrected chi connectivity index (χ2v) is 10.6. The van der Waals surface area contributed by atoms with Crippen LogP contribution in [-0.4, -0.2) is 47.2 Å². The molecule has 1 aromatic carbocycles. The Balaban J connectivity index is 1.61. The molecule has 0 bridgehead atoms. The van der Waals surface area contributed by atoms with Gasteiger partial charge in [0.1, 0.15) is 11.9 Å². The van der Waals surface area contributed by atoms with Crippen molar-refractivity contribution in [3.05, 3.63) is 85.2 Å². The van der Waals surface area contributed by atoms with Gasteiger partial charge in [-0.15, -0.1) is 0 Å². The molecule has 0 aliphatic heterocycles. The molecule has 10 nitrogen and oxygen atoms in total. The maximum atomic E-state index is 13.5. The number of nitrogens with zero attached hydrogens (tertiary/aromatic N) is 3. The maximum Gasteiger partial charge on any atom is 0.315 e. The molecule has 11 heteroatoms. The largest absolute Gasteiger partial charge is 0.466 e. The first-order chi connectivity index (χ1) is 18.7.